The zero-order valence-electron chi connectivity index (χ0n) is 13.6. The summed E-state index contributed by atoms with van der Waals surface area (Å²) in [5.74, 6) is 0.136. The van der Waals surface area contributed by atoms with E-state index in [4.69, 9.17) is 0 Å². The highest BCUT2D eigenvalue weighted by Gasteiger charge is 2.32. The first-order valence-corrected chi connectivity index (χ1v) is 9.53. The molecule has 0 unspecified atom stereocenters. The first-order valence-electron chi connectivity index (χ1n) is 7.92. The zero-order valence-corrected chi connectivity index (χ0v) is 16.0. The van der Waals surface area contributed by atoms with Crippen molar-refractivity contribution in [2.24, 2.45) is 4.99 Å². The molecule has 1 aliphatic heterocycles. The Bertz CT molecular complexity index is 850. The number of amides is 1. The summed E-state index contributed by atoms with van der Waals surface area (Å²) in [5, 5.41) is 10.3. The van der Waals surface area contributed by atoms with Crippen LogP contribution in [0.4, 0.5) is 5.69 Å². The van der Waals surface area contributed by atoms with E-state index in [1.165, 1.54) is 11.8 Å². The third kappa shape index (κ3) is 4.14. The van der Waals surface area contributed by atoms with E-state index in [9.17, 15) is 9.90 Å². The molecule has 1 heterocycles. The van der Waals surface area contributed by atoms with Gasteiger partial charge in [0.2, 0.25) is 0 Å². The summed E-state index contributed by atoms with van der Waals surface area (Å²) in [4.78, 5) is 19.7. The Kier molecular flexibility index (Phi) is 5.60. The molecule has 25 heavy (non-hydrogen) atoms. The van der Waals surface area contributed by atoms with Crippen molar-refractivity contribution >= 4 is 50.5 Å². The van der Waals surface area contributed by atoms with E-state index in [0.717, 1.165) is 17.7 Å². The molecule has 0 atom stereocenters. The van der Waals surface area contributed by atoms with Crippen LogP contribution in [0.25, 0.3) is 6.08 Å². The number of halogens is 1. The van der Waals surface area contributed by atoms with Crippen molar-refractivity contribution in [2.45, 2.75) is 13.3 Å². The number of amidine groups is 1. The predicted molar refractivity (Wildman–Crippen MR) is 107 cm³/mol. The number of para-hydroxylation sites is 1. The molecule has 2 aromatic rings. The SMILES string of the molecule is CCCN1C(=O)C(=Cc2ccc(O)c(Br)c2)SC1=Nc1ccccc1. The molecule has 6 heteroatoms. The minimum atomic E-state index is -0.0364. The van der Waals surface area contributed by atoms with Crippen LogP contribution in [0.15, 0.2) is 62.9 Å². The summed E-state index contributed by atoms with van der Waals surface area (Å²) in [7, 11) is 0. The maximum absolute atomic E-state index is 12.7. The molecule has 1 fully saturated rings. The number of aliphatic imine (C=N–C) groups is 1. The number of thioether (sulfide) groups is 1. The zero-order chi connectivity index (χ0) is 17.8. The van der Waals surface area contributed by atoms with Crippen molar-refractivity contribution < 1.29 is 9.90 Å². The fourth-order valence-corrected chi connectivity index (χ4v) is 3.81. The van der Waals surface area contributed by atoms with Gasteiger partial charge >= 0.3 is 0 Å². The quantitative estimate of drug-likeness (QED) is 0.699. The molecule has 0 bridgehead atoms. The minimum Gasteiger partial charge on any atom is -0.507 e. The van der Waals surface area contributed by atoms with E-state index in [1.807, 2.05) is 43.3 Å². The van der Waals surface area contributed by atoms with Crippen molar-refractivity contribution in [3.63, 3.8) is 0 Å². The van der Waals surface area contributed by atoms with E-state index in [0.29, 0.717) is 21.1 Å². The second-order valence-electron chi connectivity index (χ2n) is 5.51. The van der Waals surface area contributed by atoms with Gasteiger partial charge in [0.1, 0.15) is 5.75 Å². The minimum absolute atomic E-state index is 0.0364. The topological polar surface area (TPSA) is 52.9 Å². The summed E-state index contributed by atoms with van der Waals surface area (Å²) in [6.45, 7) is 2.67. The highest BCUT2D eigenvalue weighted by Crippen LogP contribution is 2.35. The summed E-state index contributed by atoms with van der Waals surface area (Å²) in [6.07, 6.45) is 2.69. The van der Waals surface area contributed by atoms with Gasteiger partial charge in [-0.25, -0.2) is 4.99 Å². The first kappa shape index (κ1) is 17.8. The van der Waals surface area contributed by atoms with E-state index in [1.54, 1.807) is 23.1 Å². The molecular weight excluding hydrogens is 400 g/mol. The number of hydrogen-bond acceptors (Lipinski definition) is 4. The van der Waals surface area contributed by atoms with Gasteiger partial charge in [0, 0.05) is 6.54 Å². The number of aromatic hydroxyl groups is 1. The van der Waals surface area contributed by atoms with Gasteiger partial charge in [-0.15, -0.1) is 0 Å². The Hall–Kier alpha value is -2.05. The molecular formula is C19H17BrN2O2S. The van der Waals surface area contributed by atoms with Gasteiger partial charge in [-0.05, 0) is 70.0 Å². The average Bonchev–Trinajstić information content (AvgIpc) is 2.88. The molecule has 0 spiro atoms. The number of phenolic OH excluding ortho intramolecular Hbond substituents is 1. The summed E-state index contributed by atoms with van der Waals surface area (Å²) >= 11 is 4.67. The van der Waals surface area contributed by atoms with Crippen LogP contribution in [-0.2, 0) is 4.79 Å². The van der Waals surface area contributed by atoms with Gasteiger partial charge in [-0.2, -0.15) is 0 Å². The van der Waals surface area contributed by atoms with Crippen molar-refractivity contribution in [1.29, 1.82) is 0 Å². The third-order valence-electron chi connectivity index (χ3n) is 3.59. The van der Waals surface area contributed by atoms with E-state index in [-0.39, 0.29) is 11.7 Å². The van der Waals surface area contributed by atoms with Gasteiger partial charge in [-0.3, -0.25) is 9.69 Å². The molecule has 128 valence electrons. The van der Waals surface area contributed by atoms with Gasteiger partial charge in [0.15, 0.2) is 5.17 Å². The fourth-order valence-electron chi connectivity index (χ4n) is 2.39. The largest absolute Gasteiger partial charge is 0.507 e. The molecule has 1 aliphatic rings. The molecule has 0 aromatic heterocycles. The lowest BCUT2D eigenvalue weighted by molar-refractivity contribution is -0.122. The van der Waals surface area contributed by atoms with Crippen LogP contribution in [0, 0.1) is 0 Å². The van der Waals surface area contributed by atoms with Crippen LogP contribution in [0.3, 0.4) is 0 Å². The van der Waals surface area contributed by atoms with Crippen LogP contribution in [-0.4, -0.2) is 27.6 Å². The molecule has 1 amide bonds. The summed E-state index contributed by atoms with van der Waals surface area (Å²) in [5.41, 5.74) is 1.67. The molecule has 0 aliphatic carbocycles. The molecule has 3 rings (SSSR count). The maximum atomic E-state index is 12.7. The summed E-state index contributed by atoms with van der Waals surface area (Å²) in [6, 6.07) is 14.8. The van der Waals surface area contributed by atoms with Crippen molar-refractivity contribution in [3.8, 4) is 5.75 Å². The van der Waals surface area contributed by atoms with Gasteiger partial charge in [0.05, 0.1) is 15.1 Å². The smallest absolute Gasteiger partial charge is 0.266 e. The predicted octanol–water partition coefficient (Wildman–Crippen LogP) is 5.17. The second kappa shape index (κ2) is 7.89. The van der Waals surface area contributed by atoms with Crippen LogP contribution in [0.5, 0.6) is 5.75 Å². The first-order chi connectivity index (χ1) is 12.1. The Labute approximate surface area is 159 Å². The van der Waals surface area contributed by atoms with Crippen molar-refractivity contribution in [3.05, 3.63) is 63.5 Å². The summed E-state index contributed by atoms with van der Waals surface area (Å²) < 4.78 is 0.598. The van der Waals surface area contributed by atoms with Crippen LogP contribution in [0.2, 0.25) is 0 Å². The Balaban J connectivity index is 1.94. The number of nitrogens with zero attached hydrogens (tertiary/aromatic N) is 2. The van der Waals surface area contributed by atoms with E-state index in [2.05, 4.69) is 20.9 Å². The fraction of sp³-hybridized carbons (Fsp3) is 0.158. The monoisotopic (exact) mass is 416 g/mol. The number of rotatable bonds is 4. The van der Waals surface area contributed by atoms with Crippen LogP contribution in [0.1, 0.15) is 18.9 Å². The van der Waals surface area contributed by atoms with E-state index < -0.39 is 0 Å². The Morgan fingerprint density at radius 2 is 2.00 bits per heavy atom. The molecule has 0 radical (unpaired) electrons. The lowest BCUT2D eigenvalue weighted by Crippen LogP contribution is -2.29. The van der Waals surface area contributed by atoms with Crippen molar-refractivity contribution in [2.75, 3.05) is 6.54 Å². The highest BCUT2D eigenvalue weighted by molar-refractivity contribution is 9.10. The van der Waals surface area contributed by atoms with Gasteiger partial charge < -0.3 is 5.11 Å². The third-order valence-corrected chi connectivity index (χ3v) is 5.23. The average molecular weight is 417 g/mol. The molecule has 1 N–H and O–H groups in total. The number of hydrogen-bond donors (Lipinski definition) is 1. The number of phenols is 1. The normalized spacial score (nSPS) is 17.7. The standard InChI is InChI=1S/C19H17BrN2O2S/c1-2-10-22-18(24)17(12-13-8-9-16(23)15(20)11-13)25-19(22)21-14-6-4-3-5-7-14/h3-9,11-12,23H,2,10H2,1H3. The lowest BCUT2D eigenvalue weighted by atomic mass is 10.2. The molecule has 2 aromatic carbocycles. The maximum Gasteiger partial charge on any atom is 0.266 e. The number of carbonyl (C=O) groups is 1. The van der Waals surface area contributed by atoms with Gasteiger partial charge in [0.25, 0.3) is 5.91 Å². The van der Waals surface area contributed by atoms with E-state index >= 15 is 0 Å². The molecule has 0 saturated carbocycles. The second-order valence-corrected chi connectivity index (χ2v) is 7.37. The van der Waals surface area contributed by atoms with Crippen molar-refractivity contribution in [1.82, 2.24) is 4.90 Å². The Morgan fingerprint density at radius 3 is 2.68 bits per heavy atom. The number of carbonyl (C=O) groups excluding carboxylic acids is 1. The van der Waals surface area contributed by atoms with Gasteiger partial charge in [-0.1, -0.05) is 31.2 Å². The van der Waals surface area contributed by atoms with Crippen LogP contribution < -0.4 is 0 Å². The van der Waals surface area contributed by atoms with Crippen LogP contribution >= 0.6 is 27.7 Å². The molecule has 1 saturated heterocycles. The Morgan fingerprint density at radius 1 is 1.24 bits per heavy atom. The molecule has 4 nitrogen and oxygen atoms in total. The number of benzene rings is 2. The lowest BCUT2D eigenvalue weighted by Gasteiger charge is -2.13. The highest BCUT2D eigenvalue weighted by atomic mass is 79.9.